The highest BCUT2D eigenvalue weighted by Gasteiger charge is 2.51. The molecule has 0 bridgehead atoms. The standard InChI is InChI=1S/C25H31N3O5S.C2HF3O2/c1-2-33-21-10-12-22(13-11-21)34(31,32)27-20-8-6-19(7-9-20)25(14-15-25)24(30)26-16-4-18-28-17-3-5-23(28)29;3-2(4,5)1(6)7/h6-13,27H,2-5,14-18H2,1H3,(H,26,30);(H,6,7). The fraction of sp³-hybridized carbons (Fsp3) is 0.444. The van der Waals surface area contributed by atoms with Gasteiger partial charge in [0, 0.05) is 31.7 Å². The van der Waals surface area contributed by atoms with Crippen molar-refractivity contribution in [3.05, 3.63) is 54.1 Å². The number of hydrogen-bond acceptors (Lipinski definition) is 6. The highest BCUT2D eigenvalue weighted by molar-refractivity contribution is 7.92. The first-order chi connectivity index (χ1) is 19.3. The lowest BCUT2D eigenvalue weighted by molar-refractivity contribution is -0.192. The number of halogens is 3. The summed E-state index contributed by atoms with van der Waals surface area (Å²) < 4.78 is 65.1. The van der Waals surface area contributed by atoms with Gasteiger partial charge in [-0.1, -0.05) is 12.1 Å². The van der Waals surface area contributed by atoms with Crippen LogP contribution in [0.2, 0.25) is 0 Å². The van der Waals surface area contributed by atoms with Crippen LogP contribution in [0.4, 0.5) is 18.9 Å². The van der Waals surface area contributed by atoms with E-state index in [4.69, 9.17) is 14.6 Å². The minimum Gasteiger partial charge on any atom is -0.494 e. The molecule has 224 valence electrons. The highest BCUT2D eigenvalue weighted by Crippen LogP contribution is 2.48. The third-order valence-electron chi connectivity index (χ3n) is 6.62. The lowest BCUT2D eigenvalue weighted by Gasteiger charge is -2.18. The van der Waals surface area contributed by atoms with Crippen LogP contribution in [0.25, 0.3) is 0 Å². The van der Waals surface area contributed by atoms with Crippen molar-refractivity contribution in [1.82, 2.24) is 10.2 Å². The van der Waals surface area contributed by atoms with E-state index in [1.807, 2.05) is 24.0 Å². The summed E-state index contributed by atoms with van der Waals surface area (Å²) in [6.45, 7) is 4.39. The van der Waals surface area contributed by atoms with Crippen molar-refractivity contribution >= 4 is 33.5 Å². The Morgan fingerprint density at radius 1 is 1.07 bits per heavy atom. The van der Waals surface area contributed by atoms with Crippen molar-refractivity contribution in [2.24, 2.45) is 0 Å². The number of alkyl halides is 3. The van der Waals surface area contributed by atoms with E-state index in [2.05, 4.69) is 10.0 Å². The van der Waals surface area contributed by atoms with Gasteiger partial charge in [-0.3, -0.25) is 14.3 Å². The molecular weight excluding hydrogens is 567 g/mol. The number of carbonyl (C=O) groups excluding carboxylic acids is 2. The molecule has 1 aliphatic heterocycles. The molecule has 0 radical (unpaired) electrons. The van der Waals surface area contributed by atoms with Crippen LogP contribution in [0.1, 0.15) is 44.6 Å². The maximum absolute atomic E-state index is 12.8. The monoisotopic (exact) mass is 599 g/mol. The van der Waals surface area contributed by atoms with Crippen LogP contribution in [0.3, 0.4) is 0 Å². The first-order valence-corrected chi connectivity index (χ1v) is 14.5. The molecule has 10 nitrogen and oxygen atoms in total. The van der Waals surface area contributed by atoms with Gasteiger partial charge in [0.15, 0.2) is 0 Å². The van der Waals surface area contributed by atoms with Gasteiger partial charge in [0.1, 0.15) is 5.75 Å². The molecular formula is C27H32F3N3O7S. The quantitative estimate of drug-likeness (QED) is 0.335. The molecule has 1 saturated carbocycles. The molecule has 0 unspecified atom stereocenters. The maximum atomic E-state index is 12.8. The van der Waals surface area contributed by atoms with Crippen LogP contribution >= 0.6 is 0 Å². The third kappa shape index (κ3) is 8.59. The topological polar surface area (TPSA) is 142 Å². The van der Waals surface area contributed by atoms with E-state index in [0.29, 0.717) is 37.6 Å². The number of nitrogens with zero attached hydrogens (tertiary/aromatic N) is 1. The predicted octanol–water partition coefficient (Wildman–Crippen LogP) is 3.68. The van der Waals surface area contributed by atoms with E-state index >= 15 is 0 Å². The molecule has 14 heteroatoms. The number of amides is 2. The Hall–Kier alpha value is -3.81. The zero-order valence-corrected chi connectivity index (χ0v) is 23.2. The number of nitrogens with one attached hydrogen (secondary N) is 2. The number of carbonyl (C=O) groups is 3. The lowest BCUT2D eigenvalue weighted by atomic mass is 9.95. The third-order valence-corrected chi connectivity index (χ3v) is 8.02. The summed E-state index contributed by atoms with van der Waals surface area (Å²) in [7, 11) is -3.73. The fourth-order valence-electron chi connectivity index (χ4n) is 4.31. The molecule has 1 aliphatic carbocycles. The summed E-state index contributed by atoms with van der Waals surface area (Å²) >= 11 is 0. The number of hydrogen-bond donors (Lipinski definition) is 3. The number of ether oxygens (including phenoxy) is 1. The Labute approximate surface area is 235 Å². The smallest absolute Gasteiger partial charge is 0.490 e. The average Bonchev–Trinajstić information content (AvgIpc) is 3.63. The number of rotatable bonds is 11. The number of likely N-dealkylation sites (tertiary alicyclic amines) is 1. The van der Waals surface area contributed by atoms with Crippen LogP contribution in [0, 0.1) is 0 Å². The Kier molecular flexibility index (Phi) is 10.2. The normalized spacial score (nSPS) is 15.9. The Morgan fingerprint density at radius 2 is 1.68 bits per heavy atom. The zero-order chi connectivity index (χ0) is 30.3. The number of aliphatic carboxylic acids is 1. The van der Waals surface area contributed by atoms with E-state index in [0.717, 1.165) is 37.8 Å². The van der Waals surface area contributed by atoms with Crippen LogP contribution in [0.15, 0.2) is 53.4 Å². The Morgan fingerprint density at radius 3 is 2.17 bits per heavy atom. The van der Waals surface area contributed by atoms with Crippen molar-refractivity contribution in [3.8, 4) is 5.75 Å². The van der Waals surface area contributed by atoms with E-state index in [1.165, 1.54) is 12.1 Å². The molecule has 2 aromatic rings. The summed E-state index contributed by atoms with van der Waals surface area (Å²) in [4.78, 5) is 35.4. The Bertz CT molecular complexity index is 1330. The van der Waals surface area contributed by atoms with Crippen LogP contribution in [-0.2, 0) is 29.8 Å². The molecule has 3 N–H and O–H groups in total. The van der Waals surface area contributed by atoms with Crippen molar-refractivity contribution in [2.75, 3.05) is 31.0 Å². The summed E-state index contributed by atoms with van der Waals surface area (Å²) in [5.74, 6) is -1.96. The summed E-state index contributed by atoms with van der Waals surface area (Å²) in [6.07, 6.45) is -1.27. The van der Waals surface area contributed by atoms with Gasteiger partial charge in [-0.2, -0.15) is 13.2 Å². The SMILES string of the molecule is CCOc1ccc(S(=O)(=O)Nc2ccc(C3(C(=O)NCCCN4CCCC4=O)CC3)cc2)cc1.O=C(O)C(F)(F)F. The molecule has 2 amide bonds. The number of sulfonamides is 1. The van der Waals surface area contributed by atoms with Gasteiger partial charge in [0.05, 0.1) is 16.9 Å². The van der Waals surface area contributed by atoms with Gasteiger partial charge >= 0.3 is 12.1 Å². The van der Waals surface area contributed by atoms with E-state index in [1.54, 1.807) is 24.3 Å². The summed E-state index contributed by atoms with van der Waals surface area (Å²) in [5, 5.41) is 10.1. The molecule has 4 rings (SSSR count). The largest absolute Gasteiger partial charge is 0.494 e. The van der Waals surface area contributed by atoms with Crippen molar-refractivity contribution < 1.29 is 45.8 Å². The van der Waals surface area contributed by atoms with Crippen molar-refractivity contribution in [1.29, 1.82) is 0 Å². The first-order valence-electron chi connectivity index (χ1n) is 13.0. The fourth-order valence-corrected chi connectivity index (χ4v) is 5.37. The molecule has 0 aromatic heterocycles. The number of anilines is 1. The van der Waals surface area contributed by atoms with Crippen LogP contribution < -0.4 is 14.8 Å². The van der Waals surface area contributed by atoms with Gasteiger partial charge < -0.3 is 20.1 Å². The molecule has 1 saturated heterocycles. The van der Waals surface area contributed by atoms with Crippen molar-refractivity contribution in [3.63, 3.8) is 0 Å². The van der Waals surface area contributed by atoms with Gasteiger partial charge in [-0.05, 0) is 74.6 Å². The number of carboxylic acid groups (broad SMARTS) is 1. The van der Waals surface area contributed by atoms with Gasteiger partial charge in [-0.25, -0.2) is 13.2 Å². The van der Waals surface area contributed by atoms with E-state index in [9.17, 15) is 31.2 Å². The Balaban J connectivity index is 0.000000587. The van der Waals surface area contributed by atoms with Crippen LogP contribution in [-0.4, -0.2) is 68.6 Å². The number of carboxylic acids is 1. The van der Waals surface area contributed by atoms with E-state index in [-0.39, 0.29) is 16.7 Å². The molecule has 0 atom stereocenters. The predicted molar refractivity (Wildman–Crippen MR) is 143 cm³/mol. The lowest BCUT2D eigenvalue weighted by Crippen LogP contribution is -2.36. The minimum atomic E-state index is -5.08. The molecule has 2 aliphatic rings. The molecule has 1 heterocycles. The van der Waals surface area contributed by atoms with Crippen LogP contribution in [0.5, 0.6) is 5.75 Å². The molecule has 2 aromatic carbocycles. The second-order valence-corrected chi connectivity index (χ2v) is 11.2. The summed E-state index contributed by atoms with van der Waals surface area (Å²) in [5.41, 5.74) is 0.767. The zero-order valence-electron chi connectivity index (χ0n) is 22.4. The minimum absolute atomic E-state index is 0.0111. The number of benzene rings is 2. The maximum Gasteiger partial charge on any atom is 0.490 e. The van der Waals surface area contributed by atoms with Gasteiger partial charge in [0.25, 0.3) is 10.0 Å². The molecule has 2 fully saturated rings. The van der Waals surface area contributed by atoms with Gasteiger partial charge in [0.2, 0.25) is 11.8 Å². The first kappa shape index (κ1) is 31.7. The second-order valence-electron chi connectivity index (χ2n) is 9.57. The molecule has 41 heavy (non-hydrogen) atoms. The van der Waals surface area contributed by atoms with Crippen molar-refractivity contribution in [2.45, 2.75) is 55.5 Å². The van der Waals surface area contributed by atoms with Gasteiger partial charge in [-0.15, -0.1) is 0 Å². The summed E-state index contributed by atoms with van der Waals surface area (Å²) in [6, 6.07) is 13.3. The highest BCUT2D eigenvalue weighted by atomic mass is 32.2. The average molecular weight is 600 g/mol. The molecule has 0 spiro atoms. The van der Waals surface area contributed by atoms with E-state index < -0.39 is 27.6 Å². The second kappa shape index (κ2) is 13.2.